The number of rotatable bonds is 2. The van der Waals surface area contributed by atoms with Gasteiger partial charge in [0.2, 0.25) is 0 Å². The van der Waals surface area contributed by atoms with E-state index in [0.29, 0.717) is 0 Å². The lowest BCUT2D eigenvalue weighted by molar-refractivity contribution is 0.162. The first-order valence-electron chi connectivity index (χ1n) is 3.67. The number of aliphatic hydroxyl groups excluding tert-OH is 1. The van der Waals surface area contributed by atoms with Crippen molar-refractivity contribution in [1.29, 1.82) is 0 Å². The minimum atomic E-state index is -0.750. The highest BCUT2D eigenvalue weighted by Gasteiger charge is 1.78. The van der Waals surface area contributed by atoms with Crippen LogP contribution in [-0.4, -0.2) is 29.2 Å². The Morgan fingerprint density at radius 2 is 1.25 bits per heavy atom. The number of alkyl halides is 3. The lowest BCUT2D eigenvalue weighted by atomic mass is 10.8. The molecule has 0 bridgehead atoms. The molecule has 5 heteroatoms. The molecular formula is C7H17Cl3O2. The smallest absolute Gasteiger partial charge is 0.180 e. The molecule has 2 nitrogen and oxygen atoms in total. The maximum atomic E-state index is 7.57. The van der Waals surface area contributed by atoms with Crippen molar-refractivity contribution < 1.29 is 9.84 Å². The molecule has 0 aliphatic rings. The van der Waals surface area contributed by atoms with E-state index < -0.39 is 4.30 Å². The maximum absolute atomic E-state index is 7.57. The molecule has 1 N–H and O–H groups in total. The summed E-state index contributed by atoms with van der Waals surface area (Å²) in [6.07, 6.45) is 0. The highest BCUT2D eigenvalue weighted by molar-refractivity contribution is 6.63. The first-order valence-corrected chi connectivity index (χ1v) is 4.98. The molecule has 0 aliphatic heterocycles. The third-order valence-electron chi connectivity index (χ3n) is 0.408. The van der Waals surface area contributed by atoms with Crippen LogP contribution in [0.25, 0.3) is 0 Å². The summed E-state index contributed by atoms with van der Waals surface area (Å²) < 4.78 is 4.08. The SMILES string of the molecule is CCO.CCOCC.ClC(Cl)Cl. The van der Waals surface area contributed by atoms with E-state index in [2.05, 4.69) is 0 Å². The molecular weight excluding hydrogens is 222 g/mol. The van der Waals surface area contributed by atoms with E-state index in [1.165, 1.54) is 0 Å². The molecule has 0 radical (unpaired) electrons. The van der Waals surface area contributed by atoms with Gasteiger partial charge in [-0.1, -0.05) is 34.8 Å². The number of ether oxygens (including phenoxy) is 1. The molecule has 0 aromatic heterocycles. The third kappa shape index (κ3) is 133. The summed E-state index contributed by atoms with van der Waals surface area (Å²) in [6.45, 7) is 7.60. The first kappa shape index (κ1) is 18.5. The molecule has 78 valence electrons. The van der Waals surface area contributed by atoms with Crippen molar-refractivity contribution >= 4 is 34.8 Å². The quantitative estimate of drug-likeness (QED) is 0.751. The molecule has 0 fully saturated rings. The van der Waals surface area contributed by atoms with Crippen LogP contribution < -0.4 is 0 Å². The molecule has 0 aromatic carbocycles. The number of halogens is 3. The summed E-state index contributed by atoms with van der Waals surface area (Å²) in [4.78, 5) is 0. The summed E-state index contributed by atoms with van der Waals surface area (Å²) in [7, 11) is 0. The zero-order valence-electron chi connectivity index (χ0n) is 7.69. The van der Waals surface area contributed by atoms with Gasteiger partial charge in [-0.15, -0.1) is 0 Å². The van der Waals surface area contributed by atoms with Crippen LogP contribution in [-0.2, 0) is 4.74 Å². The van der Waals surface area contributed by atoms with E-state index in [4.69, 9.17) is 44.6 Å². The van der Waals surface area contributed by atoms with Gasteiger partial charge in [0.15, 0.2) is 4.30 Å². The van der Waals surface area contributed by atoms with Gasteiger partial charge in [-0.25, -0.2) is 0 Å². The lowest BCUT2D eigenvalue weighted by Crippen LogP contribution is -1.84. The van der Waals surface area contributed by atoms with Crippen LogP contribution in [0.4, 0.5) is 0 Å². The van der Waals surface area contributed by atoms with E-state index in [1.54, 1.807) is 6.92 Å². The molecule has 0 amide bonds. The van der Waals surface area contributed by atoms with Gasteiger partial charge in [-0.2, -0.15) is 0 Å². The lowest BCUT2D eigenvalue weighted by Gasteiger charge is -1.86. The Hall–Kier alpha value is 0.790. The average molecular weight is 240 g/mol. The molecule has 0 atom stereocenters. The molecule has 0 unspecified atom stereocenters. The van der Waals surface area contributed by atoms with Gasteiger partial charge < -0.3 is 9.84 Å². The van der Waals surface area contributed by atoms with Crippen LogP contribution in [0.3, 0.4) is 0 Å². The molecule has 0 saturated heterocycles. The van der Waals surface area contributed by atoms with Crippen LogP contribution >= 0.6 is 34.8 Å². The maximum Gasteiger partial charge on any atom is 0.180 e. The van der Waals surface area contributed by atoms with Crippen molar-refractivity contribution in [3.05, 3.63) is 0 Å². The van der Waals surface area contributed by atoms with Crippen molar-refractivity contribution in [1.82, 2.24) is 0 Å². The van der Waals surface area contributed by atoms with Crippen molar-refractivity contribution in [2.45, 2.75) is 25.1 Å². The van der Waals surface area contributed by atoms with Crippen LogP contribution in [0, 0.1) is 0 Å². The summed E-state index contributed by atoms with van der Waals surface area (Å²) >= 11 is 14.4. The van der Waals surface area contributed by atoms with E-state index in [0.717, 1.165) is 13.2 Å². The Bertz CT molecular complexity index is 49.2. The Morgan fingerprint density at radius 1 is 1.08 bits per heavy atom. The zero-order valence-corrected chi connectivity index (χ0v) is 9.96. The van der Waals surface area contributed by atoms with Crippen LogP contribution in [0.1, 0.15) is 20.8 Å². The molecule has 0 heterocycles. The molecule has 0 aliphatic carbocycles. The van der Waals surface area contributed by atoms with Crippen LogP contribution in [0.5, 0.6) is 0 Å². The standard InChI is InChI=1S/C4H10O.C2H6O.CHCl3/c1-3-5-4-2;1-2-3;2-1(3)4/h3-4H2,1-2H3;3H,2H2,1H3;1H. The Labute approximate surface area is 89.8 Å². The minimum Gasteiger partial charge on any atom is -0.397 e. The molecule has 0 spiro atoms. The number of hydrogen-bond donors (Lipinski definition) is 1. The van der Waals surface area contributed by atoms with E-state index in [-0.39, 0.29) is 6.61 Å². The first-order chi connectivity index (χ1) is 5.56. The predicted molar refractivity (Wildman–Crippen MR) is 56.3 cm³/mol. The van der Waals surface area contributed by atoms with Crippen LogP contribution in [0.15, 0.2) is 0 Å². The van der Waals surface area contributed by atoms with Crippen molar-refractivity contribution in [2.24, 2.45) is 0 Å². The third-order valence-corrected chi connectivity index (χ3v) is 0.408. The zero-order chi connectivity index (χ0) is 10.4. The molecule has 12 heavy (non-hydrogen) atoms. The summed E-state index contributed by atoms with van der Waals surface area (Å²) in [5.74, 6) is 0. The monoisotopic (exact) mass is 238 g/mol. The highest BCUT2D eigenvalue weighted by atomic mass is 35.6. The largest absolute Gasteiger partial charge is 0.397 e. The topological polar surface area (TPSA) is 29.5 Å². The van der Waals surface area contributed by atoms with Gasteiger partial charge in [0.1, 0.15) is 0 Å². The Balaban J connectivity index is -0.000000105. The second-order valence-corrected chi connectivity index (χ2v) is 3.32. The van der Waals surface area contributed by atoms with Crippen molar-refractivity contribution in [3.8, 4) is 0 Å². The van der Waals surface area contributed by atoms with E-state index in [9.17, 15) is 0 Å². The normalized spacial score (nSPS) is 8.00. The highest BCUT2D eigenvalue weighted by Crippen LogP contribution is 2.03. The van der Waals surface area contributed by atoms with Gasteiger partial charge in [0.05, 0.1) is 0 Å². The summed E-state index contributed by atoms with van der Waals surface area (Å²) in [5, 5.41) is 7.57. The predicted octanol–water partition coefficient (Wildman–Crippen LogP) is 3.03. The Kier molecular flexibility index (Phi) is 35.0. The fourth-order valence-corrected chi connectivity index (χ4v) is 0.204. The van der Waals surface area contributed by atoms with Gasteiger partial charge in [-0.05, 0) is 20.8 Å². The second-order valence-electron chi connectivity index (χ2n) is 1.35. The van der Waals surface area contributed by atoms with Gasteiger partial charge in [0, 0.05) is 19.8 Å². The van der Waals surface area contributed by atoms with Gasteiger partial charge in [0.25, 0.3) is 0 Å². The number of hydrogen-bond acceptors (Lipinski definition) is 2. The van der Waals surface area contributed by atoms with E-state index >= 15 is 0 Å². The van der Waals surface area contributed by atoms with E-state index in [1.807, 2.05) is 13.8 Å². The number of aliphatic hydroxyl groups is 1. The Morgan fingerprint density at radius 3 is 1.25 bits per heavy atom. The molecule has 0 aromatic rings. The minimum absolute atomic E-state index is 0.250. The fourth-order valence-electron chi connectivity index (χ4n) is 0.204. The van der Waals surface area contributed by atoms with Crippen LogP contribution in [0.2, 0.25) is 0 Å². The second kappa shape index (κ2) is 22.6. The van der Waals surface area contributed by atoms with Crippen molar-refractivity contribution in [3.63, 3.8) is 0 Å². The molecule has 0 saturated carbocycles. The van der Waals surface area contributed by atoms with Gasteiger partial charge >= 0.3 is 0 Å². The fraction of sp³-hybridized carbons (Fsp3) is 1.00. The average Bonchev–Trinajstić information content (AvgIpc) is 1.89. The summed E-state index contributed by atoms with van der Waals surface area (Å²) in [5.41, 5.74) is 0. The van der Waals surface area contributed by atoms with Crippen molar-refractivity contribution in [2.75, 3.05) is 19.8 Å². The van der Waals surface area contributed by atoms with Gasteiger partial charge in [-0.3, -0.25) is 0 Å². The summed E-state index contributed by atoms with van der Waals surface area (Å²) in [6, 6.07) is 0. The molecule has 0 rings (SSSR count).